The zero-order chi connectivity index (χ0) is 15.6. The highest BCUT2D eigenvalue weighted by atomic mass is 19.4. The largest absolute Gasteiger partial charge is 0.416 e. The van der Waals surface area contributed by atoms with Crippen LogP contribution < -0.4 is 5.73 Å². The normalized spacial score (nSPS) is 13.7. The summed E-state index contributed by atoms with van der Waals surface area (Å²) >= 11 is 0. The van der Waals surface area contributed by atoms with Gasteiger partial charge in [0, 0.05) is 18.8 Å². The molecule has 0 radical (unpaired) electrons. The number of nitrogens with zero attached hydrogens (tertiary/aromatic N) is 2. The van der Waals surface area contributed by atoms with Gasteiger partial charge in [-0.25, -0.2) is 4.98 Å². The monoisotopic (exact) mass is 297 g/mol. The number of halogens is 3. The average molecular weight is 297 g/mol. The zero-order valence-electron chi connectivity index (χ0n) is 11.9. The lowest BCUT2D eigenvalue weighted by Crippen LogP contribution is -2.20. The van der Waals surface area contributed by atoms with Gasteiger partial charge in [0.15, 0.2) is 0 Å². The third kappa shape index (κ3) is 3.64. The molecule has 0 saturated carbocycles. The predicted octanol–water partition coefficient (Wildman–Crippen LogP) is 3.61. The maximum absolute atomic E-state index is 12.7. The fourth-order valence-corrected chi connectivity index (χ4v) is 2.12. The van der Waals surface area contributed by atoms with Gasteiger partial charge in [-0.05, 0) is 23.6 Å². The fourth-order valence-electron chi connectivity index (χ4n) is 2.12. The Morgan fingerprint density at radius 1 is 1.29 bits per heavy atom. The Kier molecular flexibility index (Phi) is 4.37. The molecule has 2 rings (SSSR count). The summed E-state index contributed by atoms with van der Waals surface area (Å²) in [6, 6.07) is 5.11. The minimum Gasteiger partial charge on any atom is -0.329 e. The van der Waals surface area contributed by atoms with Crippen molar-refractivity contribution in [2.45, 2.75) is 32.6 Å². The molecule has 2 N–H and O–H groups in total. The van der Waals surface area contributed by atoms with Crippen LogP contribution in [0.15, 0.2) is 36.8 Å². The molecular weight excluding hydrogens is 279 g/mol. The Labute approximate surface area is 121 Å². The van der Waals surface area contributed by atoms with Crippen LogP contribution in [0.25, 0.3) is 0 Å². The lowest BCUT2D eigenvalue weighted by atomic mass is 10.0. The minimum absolute atomic E-state index is 0.196. The fraction of sp³-hybridized carbons (Fsp3) is 0.400. The van der Waals surface area contributed by atoms with Gasteiger partial charge in [0.25, 0.3) is 0 Å². The molecule has 21 heavy (non-hydrogen) atoms. The summed E-state index contributed by atoms with van der Waals surface area (Å²) in [5.41, 5.74) is 6.84. The van der Waals surface area contributed by atoms with Crippen molar-refractivity contribution in [1.82, 2.24) is 9.55 Å². The van der Waals surface area contributed by atoms with Gasteiger partial charge in [-0.1, -0.05) is 26.0 Å². The Bertz CT molecular complexity index is 602. The highest BCUT2D eigenvalue weighted by Crippen LogP contribution is 2.30. The van der Waals surface area contributed by atoms with E-state index >= 15 is 0 Å². The lowest BCUT2D eigenvalue weighted by Gasteiger charge is -2.18. The molecule has 2 aromatic rings. The predicted molar refractivity (Wildman–Crippen MR) is 74.5 cm³/mol. The lowest BCUT2D eigenvalue weighted by molar-refractivity contribution is -0.137. The first-order chi connectivity index (χ1) is 9.79. The van der Waals surface area contributed by atoms with Crippen LogP contribution in [0.1, 0.15) is 36.7 Å². The molecule has 0 aliphatic heterocycles. The Hall–Kier alpha value is -1.82. The van der Waals surface area contributed by atoms with Crippen molar-refractivity contribution in [3.8, 4) is 0 Å². The molecule has 1 heterocycles. The molecule has 1 atom stereocenters. The van der Waals surface area contributed by atoms with Gasteiger partial charge in [0.1, 0.15) is 0 Å². The van der Waals surface area contributed by atoms with Gasteiger partial charge in [0.05, 0.1) is 17.6 Å². The summed E-state index contributed by atoms with van der Waals surface area (Å²) in [4.78, 5) is 4.05. The van der Waals surface area contributed by atoms with Crippen LogP contribution in [-0.4, -0.2) is 9.55 Å². The van der Waals surface area contributed by atoms with Gasteiger partial charge in [-0.15, -0.1) is 0 Å². The van der Waals surface area contributed by atoms with Crippen LogP contribution >= 0.6 is 0 Å². The van der Waals surface area contributed by atoms with E-state index in [1.165, 1.54) is 6.07 Å². The van der Waals surface area contributed by atoms with Crippen molar-refractivity contribution in [3.05, 3.63) is 53.6 Å². The smallest absolute Gasteiger partial charge is 0.329 e. The van der Waals surface area contributed by atoms with E-state index in [1.54, 1.807) is 23.2 Å². The first kappa shape index (κ1) is 15.6. The summed E-state index contributed by atoms with van der Waals surface area (Å²) in [5, 5.41) is 0. The van der Waals surface area contributed by atoms with Gasteiger partial charge < -0.3 is 10.3 Å². The maximum atomic E-state index is 12.7. The van der Waals surface area contributed by atoms with Crippen LogP contribution in [0.2, 0.25) is 0 Å². The summed E-state index contributed by atoms with van der Waals surface area (Å²) in [5.74, 6) is 0.224. The summed E-state index contributed by atoms with van der Waals surface area (Å²) < 4.78 is 40.0. The van der Waals surface area contributed by atoms with E-state index in [9.17, 15) is 13.2 Å². The number of alkyl halides is 3. The van der Waals surface area contributed by atoms with E-state index in [2.05, 4.69) is 4.98 Å². The summed E-state index contributed by atoms with van der Waals surface area (Å²) in [7, 11) is 0. The number of benzene rings is 1. The molecule has 0 fully saturated rings. The molecule has 3 nitrogen and oxygen atoms in total. The zero-order valence-corrected chi connectivity index (χ0v) is 11.9. The number of rotatable bonds is 4. The molecule has 0 saturated heterocycles. The molecule has 6 heteroatoms. The van der Waals surface area contributed by atoms with Crippen molar-refractivity contribution in [1.29, 1.82) is 0 Å². The van der Waals surface area contributed by atoms with Crippen molar-refractivity contribution >= 4 is 0 Å². The second-order valence-electron chi connectivity index (χ2n) is 5.41. The average Bonchev–Trinajstić information content (AvgIpc) is 2.85. The van der Waals surface area contributed by atoms with Crippen LogP contribution in [0.4, 0.5) is 13.2 Å². The van der Waals surface area contributed by atoms with Gasteiger partial charge in [0.2, 0.25) is 0 Å². The standard InChI is InChI=1S/C15H18F3N3/c1-10(2)14(19)13-7-20-9-21(13)8-11-4-3-5-12(6-11)15(16,17)18/h3-7,9-10,14H,8,19H2,1-2H3. The quantitative estimate of drug-likeness (QED) is 0.937. The molecule has 0 bridgehead atoms. The van der Waals surface area contributed by atoms with E-state index in [4.69, 9.17) is 5.73 Å². The number of hydrogen-bond donors (Lipinski definition) is 1. The Morgan fingerprint density at radius 2 is 2.00 bits per heavy atom. The molecule has 0 aliphatic rings. The van der Waals surface area contributed by atoms with Crippen molar-refractivity contribution in [3.63, 3.8) is 0 Å². The van der Waals surface area contributed by atoms with E-state index in [-0.39, 0.29) is 12.0 Å². The molecule has 0 amide bonds. The summed E-state index contributed by atoms with van der Waals surface area (Å²) in [6.45, 7) is 4.30. The molecular formula is C15H18F3N3. The highest BCUT2D eigenvalue weighted by Gasteiger charge is 2.30. The van der Waals surface area contributed by atoms with Crippen LogP contribution in [0.3, 0.4) is 0 Å². The van der Waals surface area contributed by atoms with Crippen molar-refractivity contribution in [2.24, 2.45) is 11.7 Å². The van der Waals surface area contributed by atoms with E-state index < -0.39 is 11.7 Å². The van der Waals surface area contributed by atoms with Crippen molar-refractivity contribution in [2.75, 3.05) is 0 Å². The first-order valence-corrected chi connectivity index (χ1v) is 6.71. The van der Waals surface area contributed by atoms with Gasteiger partial charge >= 0.3 is 6.18 Å². The molecule has 114 valence electrons. The third-order valence-electron chi connectivity index (χ3n) is 3.41. The number of aromatic nitrogens is 2. The second-order valence-corrected chi connectivity index (χ2v) is 5.41. The van der Waals surface area contributed by atoms with Crippen LogP contribution in [0, 0.1) is 5.92 Å². The SMILES string of the molecule is CC(C)C(N)c1cncn1Cc1cccc(C(F)(F)F)c1. The molecule has 0 spiro atoms. The minimum atomic E-state index is -4.33. The second kappa shape index (κ2) is 5.89. The first-order valence-electron chi connectivity index (χ1n) is 6.71. The molecule has 1 unspecified atom stereocenters. The third-order valence-corrected chi connectivity index (χ3v) is 3.41. The maximum Gasteiger partial charge on any atom is 0.416 e. The highest BCUT2D eigenvalue weighted by molar-refractivity contribution is 5.26. The number of nitrogens with two attached hydrogens (primary N) is 1. The summed E-state index contributed by atoms with van der Waals surface area (Å²) in [6.07, 6.45) is -1.07. The molecule has 1 aromatic carbocycles. The van der Waals surface area contributed by atoms with E-state index in [1.807, 2.05) is 13.8 Å². The van der Waals surface area contributed by atoms with Crippen LogP contribution in [0.5, 0.6) is 0 Å². The topological polar surface area (TPSA) is 43.8 Å². The van der Waals surface area contributed by atoms with E-state index in [0.29, 0.717) is 12.1 Å². The Morgan fingerprint density at radius 3 is 2.62 bits per heavy atom. The Balaban J connectivity index is 2.26. The van der Waals surface area contributed by atoms with Gasteiger partial charge in [-0.2, -0.15) is 13.2 Å². The van der Waals surface area contributed by atoms with Crippen LogP contribution in [-0.2, 0) is 12.7 Å². The number of imidazole rings is 1. The van der Waals surface area contributed by atoms with E-state index in [0.717, 1.165) is 17.8 Å². The van der Waals surface area contributed by atoms with Gasteiger partial charge in [-0.3, -0.25) is 0 Å². The van der Waals surface area contributed by atoms with Crippen molar-refractivity contribution < 1.29 is 13.2 Å². The number of hydrogen-bond acceptors (Lipinski definition) is 2. The molecule has 0 aliphatic carbocycles. The molecule has 1 aromatic heterocycles.